The number of nitrogens with zero attached hydrogens (tertiary/aromatic N) is 1. The smallest absolute Gasteiger partial charge is 0.399 e. The third kappa shape index (κ3) is 2.74. The van der Waals surface area contributed by atoms with Gasteiger partial charge in [0.15, 0.2) is 0 Å². The average Bonchev–Trinajstić information content (AvgIpc) is 2.58. The molecule has 0 spiro atoms. The van der Waals surface area contributed by atoms with E-state index in [1.54, 1.807) is 6.20 Å². The van der Waals surface area contributed by atoms with Gasteiger partial charge < -0.3 is 9.31 Å². The van der Waals surface area contributed by atoms with E-state index >= 15 is 0 Å². The van der Waals surface area contributed by atoms with Gasteiger partial charge in [0.05, 0.1) is 11.2 Å². The van der Waals surface area contributed by atoms with Crippen molar-refractivity contribution >= 4 is 24.2 Å². The summed E-state index contributed by atoms with van der Waals surface area (Å²) in [6.07, 6.45) is 2.77. The van der Waals surface area contributed by atoms with E-state index in [2.05, 4.69) is 24.9 Å². The molecular weight excluding hydrogens is 272 g/mol. The molecule has 20 heavy (non-hydrogen) atoms. The molecule has 2 rings (SSSR count). The molecule has 0 saturated carbocycles. The van der Waals surface area contributed by atoms with Gasteiger partial charge in [-0.25, -0.2) is 4.98 Å². The molecule has 2 heterocycles. The van der Waals surface area contributed by atoms with Gasteiger partial charge in [-0.15, -0.1) is 0 Å². The number of halogens is 1. The van der Waals surface area contributed by atoms with Crippen LogP contribution in [0.2, 0.25) is 5.15 Å². The summed E-state index contributed by atoms with van der Waals surface area (Å²) in [4.78, 5) is 4.29. The molecule has 0 aliphatic carbocycles. The van der Waals surface area contributed by atoms with E-state index in [1.807, 2.05) is 27.7 Å². The Hall–Kier alpha value is -0.575. The highest BCUT2D eigenvalue weighted by atomic mass is 35.5. The van der Waals surface area contributed by atoms with Crippen LogP contribution in [0.3, 0.4) is 0 Å². The lowest BCUT2D eigenvalue weighted by atomic mass is 9.79. The number of hydrogen-bond donors (Lipinski definition) is 0. The van der Waals surface area contributed by atoms with Gasteiger partial charge in [-0.2, -0.15) is 0 Å². The summed E-state index contributed by atoms with van der Waals surface area (Å²) in [5.74, 6) is 0.373. The molecule has 0 N–H and O–H groups in total. The number of rotatable bonds is 3. The van der Waals surface area contributed by atoms with E-state index in [1.165, 1.54) is 0 Å². The van der Waals surface area contributed by atoms with Crippen LogP contribution in [0.1, 0.15) is 59.4 Å². The fraction of sp³-hybridized carbons (Fsp3) is 0.667. The maximum atomic E-state index is 6.20. The normalized spacial score (nSPS) is 22.1. The number of pyridine rings is 1. The molecule has 1 saturated heterocycles. The van der Waals surface area contributed by atoms with Gasteiger partial charge in [-0.1, -0.05) is 31.5 Å². The van der Waals surface area contributed by atoms with Crippen LogP contribution in [0.4, 0.5) is 0 Å². The Morgan fingerprint density at radius 1 is 1.25 bits per heavy atom. The minimum atomic E-state index is -0.382. The predicted octanol–water partition coefficient (Wildman–Crippen LogP) is 3.55. The van der Waals surface area contributed by atoms with Crippen LogP contribution >= 0.6 is 11.6 Å². The maximum Gasteiger partial charge on any atom is 0.496 e. The highest BCUT2D eigenvalue weighted by Crippen LogP contribution is 2.36. The molecule has 1 unspecified atom stereocenters. The van der Waals surface area contributed by atoms with Crippen LogP contribution in [0, 0.1) is 0 Å². The Labute approximate surface area is 127 Å². The zero-order valence-corrected chi connectivity index (χ0v) is 13.9. The molecule has 0 aromatic carbocycles. The Kier molecular flexibility index (Phi) is 4.21. The molecule has 1 atom stereocenters. The minimum Gasteiger partial charge on any atom is -0.399 e. The van der Waals surface area contributed by atoms with Crippen LogP contribution in [0.15, 0.2) is 12.3 Å². The molecule has 0 radical (unpaired) electrons. The zero-order valence-electron chi connectivity index (χ0n) is 13.2. The van der Waals surface area contributed by atoms with Gasteiger partial charge in [0, 0.05) is 11.7 Å². The van der Waals surface area contributed by atoms with E-state index in [-0.39, 0.29) is 18.3 Å². The minimum absolute atomic E-state index is 0.339. The summed E-state index contributed by atoms with van der Waals surface area (Å²) in [7, 11) is -0.382. The molecule has 1 aromatic heterocycles. The first-order valence-corrected chi connectivity index (χ1v) is 7.56. The van der Waals surface area contributed by atoms with Crippen LogP contribution in [0.5, 0.6) is 0 Å². The molecular formula is C15H23BClNO2. The van der Waals surface area contributed by atoms with Gasteiger partial charge in [0.1, 0.15) is 5.15 Å². The van der Waals surface area contributed by atoms with Gasteiger partial charge in [0.25, 0.3) is 0 Å². The quantitative estimate of drug-likeness (QED) is 0.631. The monoisotopic (exact) mass is 295 g/mol. The summed E-state index contributed by atoms with van der Waals surface area (Å²) in [5, 5.41) is 0.569. The van der Waals surface area contributed by atoms with Crippen molar-refractivity contribution in [2.24, 2.45) is 0 Å². The first kappa shape index (κ1) is 15.8. The maximum absolute atomic E-state index is 6.20. The van der Waals surface area contributed by atoms with E-state index in [4.69, 9.17) is 20.9 Å². The lowest BCUT2D eigenvalue weighted by Gasteiger charge is -2.32. The van der Waals surface area contributed by atoms with Crippen molar-refractivity contribution in [3.63, 3.8) is 0 Å². The van der Waals surface area contributed by atoms with Gasteiger partial charge in [0.2, 0.25) is 0 Å². The SMILES string of the molecule is CCC(C)c1cc(B2OC(C)(C)C(C)(C)O2)cnc1Cl. The Morgan fingerprint density at radius 3 is 2.30 bits per heavy atom. The molecule has 1 aliphatic heterocycles. The lowest BCUT2D eigenvalue weighted by molar-refractivity contribution is 0.00578. The average molecular weight is 296 g/mol. The third-order valence-electron chi connectivity index (χ3n) is 4.56. The molecule has 110 valence electrons. The summed E-state index contributed by atoms with van der Waals surface area (Å²) >= 11 is 6.20. The highest BCUT2D eigenvalue weighted by Gasteiger charge is 2.51. The highest BCUT2D eigenvalue weighted by molar-refractivity contribution is 6.62. The van der Waals surface area contributed by atoms with Gasteiger partial charge in [-0.05, 0) is 45.6 Å². The van der Waals surface area contributed by atoms with E-state index in [0.29, 0.717) is 11.1 Å². The number of aromatic nitrogens is 1. The second-order valence-electron chi connectivity index (χ2n) is 6.55. The predicted molar refractivity (Wildman–Crippen MR) is 83.7 cm³/mol. The van der Waals surface area contributed by atoms with Crippen LogP contribution in [-0.4, -0.2) is 23.3 Å². The van der Waals surface area contributed by atoms with Crippen molar-refractivity contribution in [2.45, 2.75) is 65.1 Å². The van der Waals surface area contributed by atoms with Crippen LogP contribution in [0.25, 0.3) is 0 Å². The second kappa shape index (κ2) is 5.32. The summed E-state index contributed by atoms with van der Waals surface area (Å²) in [5.41, 5.74) is 1.31. The third-order valence-corrected chi connectivity index (χ3v) is 4.87. The second-order valence-corrected chi connectivity index (χ2v) is 6.90. The molecule has 1 aliphatic rings. The Morgan fingerprint density at radius 2 is 1.80 bits per heavy atom. The molecule has 3 nitrogen and oxygen atoms in total. The fourth-order valence-electron chi connectivity index (χ4n) is 2.16. The van der Waals surface area contributed by atoms with Crippen molar-refractivity contribution in [3.05, 3.63) is 23.0 Å². The van der Waals surface area contributed by atoms with Crippen LogP contribution in [-0.2, 0) is 9.31 Å². The first-order valence-electron chi connectivity index (χ1n) is 7.19. The van der Waals surface area contributed by atoms with Crippen molar-refractivity contribution in [1.29, 1.82) is 0 Å². The topological polar surface area (TPSA) is 31.4 Å². The Balaban J connectivity index is 2.32. The van der Waals surface area contributed by atoms with Crippen LogP contribution < -0.4 is 5.46 Å². The summed E-state index contributed by atoms with van der Waals surface area (Å²) in [6.45, 7) is 12.5. The lowest BCUT2D eigenvalue weighted by Crippen LogP contribution is -2.41. The summed E-state index contributed by atoms with van der Waals surface area (Å²) < 4.78 is 12.1. The van der Waals surface area contributed by atoms with Gasteiger partial charge in [-0.3, -0.25) is 0 Å². The first-order chi connectivity index (χ1) is 9.18. The van der Waals surface area contributed by atoms with Crippen molar-refractivity contribution in [3.8, 4) is 0 Å². The molecule has 5 heteroatoms. The Bertz CT molecular complexity index is 489. The molecule has 1 aromatic rings. The largest absolute Gasteiger partial charge is 0.496 e. The van der Waals surface area contributed by atoms with Crippen molar-refractivity contribution in [1.82, 2.24) is 4.98 Å². The fourth-order valence-corrected chi connectivity index (χ4v) is 2.45. The molecule has 0 amide bonds. The van der Waals surface area contributed by atoms with Crippen molar-refractivity contribution < 1.29 is 9.31 Å². The molecule has 1 fully saturated rings. The number of hydrogen-bond acceptors (Lipinski definition) is 3. The van der Waals surface area contributed by atoms with Crippen molar-refractivity contribution in [2.75, 3.05) is 0 Å². The van der Waals surface area contributed by atoms with Gasteiger partial charge >= 0.3 is 7.12 Å². The zero-order chi connectivity index (χ0) is 15.1. The summed E-state index contributed by atoms with van der Waals surface area (Å²) in [6, 6.07) is 2.06. The standard InChI is InChI=1S/C15H23BClNO2/c1-7-10(2)12-8-11(9-18-13(12)17)16-19-14(3,4)15(5,6)20-16/h8-10H,7H2,1-6H3. The molecule has 0 bridgehead atoms. The van der Waals surface area contributed by atoms with E-state index in [9.17, 15) is 0 Å². The van der Waals surface area contributed by atoms with E-state index in [0.717, 1.165) is 17.4 Å². The van der Waals surface area contributed by atoms with E-state index < -0.39 is 0 Å².